The molecule has 6 nitrogen and oxygen atoms in total. The van der Waals surface area contributed by atoms with Crippen molar-refractivity contribution < 1.29 is 14.3 Å². The van der Waals surface area contributed by atoms with Crippen molar-refractivity contribution in [2.45, 2.75) is 32.7 Å². The van der Waals surface area contributed by atoms with Crippen LogP contribution >= 0.6 is 11.3 Å². The Morgan fingerprint density at radius 2 is 2.19 bits per heavy atom. The summed E-state index contributed by atoms with van der Waals surface area (Å²) >= 11 is 1.54. The maximum Gasteiger partial charge on any atom is 0.231 e. The van der Waals surface area contributed by atoms with E-state index in [0.717, 1.165) is 40.7 Å². The van der Waals surface area contributed by atoms with Gasteiger partial charge in [-0.05, 0) is 30.0 Å². The van der Waals surface area contributed by atoms with Crippen molar-refractivity contribution in [2.24, 2.45) is 11.1 Å². The average Bonchev–Trinajstić information content (AvgIpc) is 3.25. The van der Waals surface area contributed by atoms with E-state index in [1.165, 1.54) is 11.3 Å². The first-order valence-corrected chi connectivity index (χ1v) is 9.68. The molecule has 0 aliphatic carbocycles. The van der Waals surface area contributed by atoms with Gasteiger partial charge in [-0.1, -0.05) is 13.8 Å². The molecule has 1 saturated heterocycles. The van der Waals surface area contributed by atoms with Crippen LogP contribution in [0.15, 0.2) is 23.6 Å². The lowest BCUT2D eigenvalue weighted by molar-refractivity contribution is -0.133. The number of rotatable bonds is 3. The molecule has 1 aromatic heterocycles. The van der Waals surface area contributed by atoms with Crippen molar-refractivity contribution in [1.29, 1.82) is 0 Å². The highest BCUT2D eigenvalue weighted by Crippen LogP contribution is 2.36. The zero-order chi connectivity index (χ0) is 18.3. The second-order valence-electron chi connectivity index (χ2n) is 7.59. The van der Waals surface area contributed by atoms with Crippen LogP contribution in [0.1, 0.15) is 26.0 Å². The fourth-order valence-electron chi connectivity index (χ4n) is 3.40. The number of carbonyl (C=O) groups excluding carboxylic acids is 1. The van der Waals surface area contributed by atoms with E-state index in [4.69, 9.17) is 15.2 Å². The minimum absolute atomic E-state index is 0.0480. The van der Waals surface area contributed by atoms with E-state index < -0.39 is 0 Å². The van der Waals surface area contributed by atoms with Crippen molar-refractivity contribution in [3.63, 3.8) is 0 Å². The van der Waals surface area contributed by atoms with E-state index >= 15 is 0 Å². The normalized spacial score (nSPS) is 21.0. The number of hydrogen-bond acceptors (Lipinski definition) is 6. The van der Waals surface area contributed by atoms with Crippen LogP contribution in [-0.2, 0) is 11.2 Å². The summed E-state index contributed by atoms with van der Waals surface area (Å²) in [5, 5.41) is 2.84. The maximum absolute atomic E-state index is 12.7. The van der Waals surface area contributed by atoms with E-state index in [2.05, 4.69) is 18.8 Å². The molecule has 2 aliphatic heterocycles. The number of amides is 1. The van der Waals surface area contributed by atoms with Crippen LogP contribution in [0, 0.1) is 5.41 Å². The summed E-state index contributed by atoms with van der Waals surface area (Å²) in [6.45, 7) is 5.93. The highest BCUT2D eigenvalue weighted by molar-refractivity contribution is 7.13. The second kappa shape index (κ2) is 6.55. The number of thiazole rings is 1. The molecule has 4 rings (SSSR count). The minimum atomic E-state index is -0.0480. The third kappa shape index (κ3) is 3.29. The molecule has 1 atom stereocenters. The van der Waals surface area contributed by atoms with Gasteiger partial charge in [0.1, 0.15) is 5.01 Å². The van der Waals surface area contributed by atoms with Gasteiger partial charge in [-0.2, -0.15) is 0 Å². The number of nitrogens with zero attached hydrogens (tertiary/aromatic N) is 2. The van der Waals surface area contributed by atoms with Crippen molar-refractivity contribution >= 4 is 17.2 Å². The lowest BCUT2D eigenvalue weighted by Gasteiger charge is -2.42. The van der Waals surface area contributed by atoms with Crippen LogP contribution in [0.3, 0.4) is 0 Å². The van der Waals surface area contributed by atoms with Crippen molar-refractivity contribution in [3.05, 3.63) is 29.3 Å². The lowest BCUT2D eigenvalue weighted by atomic mass is 9.79. The first kappa shape index (κ1) is 17.3. The van der Waals surface area contributed by atoms with Crippen LogP contribution in [-0.4, -0.2) is 41.7 Å². The summed E-state index contributed by atoms with van der Waals surface area (Å²) in [5.74, 6) is 1.61. The maximum atomic E-state index is 12.7. The molecule has 1 amide bonds. The number of ether oxygens (including phenoxy) is 2. The summed E-state index contributed by atoms with van der Waals surface area (Å²) < 4.78 is 10.8. The molecule has 2 aliphatic rings. The number of nitrogens with two attached hydrogens (primary N) is 1. The molecule has 1 aromatic carbocycles. The van der Waals surface area contributed by atoms with Crippen molar-refractivity contribution in [2.75, 3.05) is 19.9 Å². The average molecular weight is 373 g/mol. The lowest BCUT2D eigenvalue weighted by Crippen LogP contribution is -2.54. The zero-order valence-electron chi connectivity index (χ0n) is 15.0. The van der Waals surface area contributed by atoms with E-state index in [0.29, 0.717) is 13.0 Å². The molecule has 0 radical (unpaired) electrons. The number of hydrogen-bond donors (Lipinski definition) is 1. The van der Waals surface area contributed by atoms with Gasteiger partial charge < -0.3 is 20.1 Å². The van der Waals surface area contributed by atoms with E-state index in [-0.39, 0.29) is 24.2 Å². The number of benzene rings is 1. The molecule has 0 bridgehead atoms. The van der Waals surface area contributed by atoms with Crippen LogP contribution < -0.4 is 15.2 Å². The standard InChI is InChI=1S/C19H23N3O3S/c1-19(2)10-22(6-5-16(19)20)17(23)8-13-9-26-18(21-13)12-3-4-14-15(7-12)25-11-24-14/h3-4,7,9,16H,5-6,8,10-11,20H2,1-2H3. The third-order valence-corrected chi connectivity index (χ3v) is 6.11. The first-order chi connectivity index (χ1) is 12.4. The van der Waals surface area contributed by atoms with E-state index in [9.17, 15) is 4.79 Å². The smallest absolute Gasteiger partial charge is 0.231 e. The highest BCUT2D eigenvalue weighted by Gasteiger charge is 2.35. The van der Waals surface area contributed by atoms with Crippen molar-refractivity contribution in [1.82, 2.24) is 9.88 Å². The van der Waals surface area contributed by atoms with Gasteiger partial charge in [0.2, 0.25) is 12.7 Å². The van der Waals surface area contributed by atoms with Gasteiger partial charge in [0, 0.05) is 30.1 Å². The number of piperidine rings is 1. The molecule has 2 N–H and O–H groups in total. The number of aromatic nitrogens is 1. The Labute approximate surface area is 156 Å². The van der Waals surface area contributed by atoms with Crippen LogP contribution in [0.5, 0.6) is 11.5 Å². The van der Waals surface area contributed by atoms with E-state index in [1.807, 2.05) is 28.5 Å². The van der Waals surface area contributed by atoms with Crippen LogP contribution in [0.25, 0.3) is 10.6 Å². The predicted molar refractivity (Wildman–Crippen MR) is 100 cm³/mol. The Morgan fingerprint density at radius 3 is 3.00 bits per heavy atom. The molecular formula is C19H23N3O3S. The molecule has 1 unspecified atom stereocenters. The van der Waals surface area contributed by atoms with Gasteiger partial charge >= 0.3 is 0 Å². The molecule has 138 valence electrons. The Bertz CT molecular complexity index is 833. The van der Waals surface area contributed by atoms with Gasteiger partial charge in [0.05, 0.1) is 12.1 Å². The minimum Gasteiger partial charge on any atom is -0.454 e. The van der Waals surface area contributed by atoms with Crippen molar-refractivity contribution in [3.8, 4) is 22.1 Å². The van der Waals surface area contributed by atoms with Gasteiger partial charge in [-0.25, -0.2) is 4.98 Å². The predicted octanol–water partition coefficient (Wildman–Crippen LogP) is 2.67. The zero-order valence-corrected chi connectivity index (χ0v) is 15.8. The molecule has 26 heavy (non-hydrogen) atoms. The second-order valence-corrected chi connectivity index (χ2v) is 8.45. The van der Waals surface area contributed by atoms with Gasteiger partial charge in [-0.15, -0.1) is 11.3 Å². The number of carbonyl (C=O) groups is 1. The summed E-state index contributed by atoms with van der Waals surface area (Å²) in [6, 6.07) is 5.93. The fraction of sp³-hybridized carbons (Fsp3) is 0.474. The largest absolute Gasteiger partial charge is 0.454 e. The monoisotopic (exact) mass is 373 g/mol. The summed E-state index contributed by atoms with van der Waals surface area (Å²) in [6.07, 6.45) is 1.17. The summed E-state index contributed by atoms with van der Waals surface area (Å²) in [5.41, 5.74) is 7.90. The summed E-state index contributed by atoms with van der Waals surface area (Å²) in [7, 11) is 0. The Balaban J connectivity index is 1.44. The Morgan fingerprint density at radius 1 is 1.38 bits per heavy atom. The fourth-order valence-corrected chi connectivity index (χ4v) is 4.22. The SMILES string of the molecule is CC1(C)CN(C(=O)Cc2csc(-c3ccc4c(c3)OCO4)n2)CCC1N. The van der Waals surface area contributed by atoms with Gasteiger partial charge in [0.25, 0.3) is 0 Å². The van der Waals surface area contributed by atoms with E-state index in [1.54, 1.807) is 0 Å². The number of fused-ring (bicyclic) bond motifs is 1. The topological polar surface area (TPSA) is 77.7 Å². The molecule has 3 heterocycles. The van der Waals surface area contributed by atoms with Gasteiger partial charge in [-0.3, -0.25) is 4.79 Å². The quantitative estimate of drug-likeness (QED) is 0.895. The Kier molecular flexibility index (Phi) is 4.36. The third-order valence-electron chi connectivity index (χ3n) is 5.17. The first-order valence-electron chi connectivity index (χ1n) is 8.80. The molecule has 2 aromatic rings. The molecule has 0 saturated carbocycles. The van der Waals surface area contributed by atoms with Crippen LogP contribution in [0.4, 0.5) is 0 Å². The molecular weight excluding hydrogens is 350 g/mol. The molecule has 7 heteroatoms. The Hall–Kier alpha value is -2.12. The molecule has 1 fully saturated rings. The molecule has 0 spiro atoms. The van der Waals surface area contributed by atoms with Gasteiger partial charge in [0.15, 0.2) is 11.5 Å². The highest BCUT2D eigenvalue weighted by atomic mass is 32.1. The number of likely N-dealkylation sites (tertiary alicyclic amines) is 1. The van der Waals surface area contributed by atoms with Crippen LogP contribution in [0.2, 0.25) is 0 Å². The summed E-state index contributed by atoms with van der Waals surface area (Å²) in [4.78, 5) is 19.2.